The molecule has 0 spiro atoms. The predicted molar refractivity (Wildman–Crippen MR) is 61.6 cm³/mol. The number of allylic oxidation sites excluding steroid dienone is 2. The second kappa shape index (κ2) is 5.21. The number of Topliss-reactive ketones (excluding diaryl/α,β-unsaturated/α-hetero) is 1. The van der Waals surface area contributed by atoms with E-state index >= 15 is 0 Å². The molecule has 17 heavy (non-hydrogen) atoms. The highest BCUT2D eigenvalue weighted by molar-refractivity contribution is 5.96. The number of carbonyl (C=O) groups is 1. The van der Waals surface area contributed by atoms with Crippen molar-refractivity contribution in [3.05, 3.63) is 47.0 Å². The van der Waals surface area contributed by atoms with Crippen LogP contribution in [0.25, 0.3) is 0 Å². The van der Waals surface area contributed by atoms with Crippen molar-refractivity contribution in [2.75, 3.05) is 0 Å². The van der Waals surface area contributed by atoms with Gasteiger partial charge in [-0.25, -0.2) is 8.78 Å². The second-order valence-electron chi connectivity index (χ2n) is 4.31. The Labute approximate surface area is 99.1 Å². The van der Waals surface area contributed by atoms with Gasteiger partial charge in [0.15, 0.2) is 5.78 Å². The topological polar surface area (TPSA) is 17.1 Å². The molecular weight excluding hydrogens is 222 g/mol. The summed E-state index contributed by atoms with van der Waals surface area (Å²) in [6.07, 6.45) is 5.65. The largest absolute Gasteiger partial charge is 0.294 e. The van der Waals surface area contributed by atoms with Gasteiger partial charge in [0, 0.05) is 6.42 Å². The Bertz CT molecular complexity index is 463. The standard InChI is InChI=1S/C14H14F2O/c15-12-6-7-13(16)11(8-12)9-14(17)10-4-2-1-3-5-10/h4,6-8H,1-3,5,9H2. The Kier molecular flexibility index (Phi) is 3.67. The molecular formula is C14H14F2O. The van der Waals surface area contributed by atoms with Gasteiger partial charge < -0.3 is 0 Å². The van der Waals surface area contributed by atoms with Crippen LogP contribution in [-0.4, -0.2) is 5.78 Å². The van der Waals surface area contributed by atoms with E-state index in [-0.39, 0.29) is 17.8 Å². The molecule has 0 N–H and O–H groups in total. The van der Waals surface area contributed by atoms with Gasteiger partial charge in [-0.1, -0.05) is 6.08 Å². The predicted octanol–water partition coefficient (Wildman–Crippen LogP) is 3.58. The molecule has 2 rings (SSSR count). The molecule has 0 aliphatic heterocycles. The SMILES string of the molecule is O=C(Cc1cc(F)ccc1F)C1=CCCCC1. The maximum Gasteiger partial charge on any atom is 0.163 e. The van der Waals surface area contributed by atoms with Crippen LogP contribution in [0.4, 0.5) is 8.78 Å². The monoisotopic (exact) mass is 236 g/mol. The van der Waals surface area contributed by atoms with Crippen LogP contribution in [0.1, 0.15) is 31.2 Å². The van der Waals surface area contributed by atoms with E-state index in [4.69, 9.17) is 0 Å². The maximum absolute atomic E-state index is 13.4. The molecule has 0 radical (unpaired) electrons. The number of carbonyl (C=O) groups excluding carboxylic acids is 1. The molecule has 0 bridgehead atoms. The van der Waals surface area contributed by atoms with Crippen LogP contribution in [0, 0.1) is 11.6 Å². The number of rotatable bonds is 3. The zero-order valence-electron chi connectivity index (χ0n) is 9.51. The minimum absolute atomic E-state index is 0.0462. The number of hydrogen-bond donors (Lipinski definition) is 0. The van der Waals surface area contributed by atoms with Crippen LogP contribution in [0.3, 0.4) is 0 Å². The fourth-order valence-corrected chi connectivity index (χ4v) is 2.06. The second-order valence-corrected chi connectivity index (χ2v) is 4.31. The van der Waals surface area contributed by atoms with Gasteiger partial charge in [-0.05, 0) is 55.0 Å². The molecule has 1 aliphatic carbocycles. The highest BCUT2D eigenvalue weighted by Gasteiger charge is 2.15. The van der Waals surface area contributed by atoms with Gasteiger partial charge in [0.25, 0.3) is 0 Å². The summed E-state index contributed by atoms with van der Waals surface area (Å²) in [5, 5.41) is 0. The Hall–Kier alpha value is -1.51. The van der Waals surface area contributed by atoms with Crippen molar-refractivity contribution in [1.29, 1.82) is 0 Å². The van der Waals surface area contributed by atoms with E-state index in [0.717, 1.165) is 49.5 Å². The lowest BCUT2D eigenvalue weighted by atomic mass is 9.93. The zero-order chi connectivity index (χ0) is 12.3. The third-order valence-electron chi connectivity index (χ3n) is 3.01. The van der Waals surface area contributed by atoms with Crippen LogP contribution in [-0.2, 0) is 11.2 Å². The lowest BCUT2D eigenvalue weighted by molar-refractivity contribution is -0.115. The normalized spacial score (nSPS) is 15.5. The van der Waals surface area contributed by atoms with Gasteiger partial charge >= 0.3 is 0 Å². The van der Waals surface area contributed by atoms with E-state index in [0.29, 0.717) is 0 Å². The van der Waals surface area contributed by atoms with Crippen molar-refractivity contribution in [3.63, 3.8) is 0 Å². The fourth-order valence-electron chi connectivity index (χ4n) is 2.06. The molecule has 0 aromatic heterocycles. The Morgan fingerprint density at radius 1 is 1.24 bits per heavy atom. The molecule has 1 aliphatic rings. The van der Waals surface area contributed by atoms with Crippen molar-refractivity contribution >= 4 is 5.78 Å². The van der Waals surface area contributed by atoms with Gasteiger partial charge in [-0.15, -0.1) is 0 Å². The molecule has 0 fully saturated rings. The summed E-state index contributed by atoms with van der Waals surface area (Å²) in [6, 6.07) is 3.22. The number of benzene rings is 1. The number of halogens is 2. The Morgan fingerprint density at radius 3 is 2.76 bits per heavy atom. The third-order valence-corrected chi connectivity index (χ3v) is 3.01. The van der Waals surface area contributed by atoms with Crippen LogP contribution in [0.2, 0.25) is 0 Å². The van der Waals surface area contributed by atoms with E-state index in [1.54, 1.807) is 0 Å². The van der Waals surface area contributed by atoms with Gasteiger partial charge in [-0.2, -0.15) is 0 Å². The van der Waals surface area contributed by atoms with E-state index in [1.807, 2.05) is 6.08 Å². The van der Waals surface area contributed by atoms with E-state index < -0.39 is 11.6 Å². The van der Waals surface area contributed by atoms with Crippen molar-refractivity contribution in [3.8, 4) is 0 Å². The molecule has 0 saturated heterocycles. The first-order chi connectivity index (χ1) is 8.16. The summed E-state index contributed by atoms with van der Waals surface area (Å²) in [5.74, 6) is -1.11. The molecule has 90 valence electrons. The Morgan fingerprint density at radius 2 is 2.06 bits per heavy atom. The molecule has 0 amide bonds. The summed E-state index contributed by atoms with van der Waals surface area (Å²) < 4.78 is 26.3. The molecule has 0 unspecified atom stereocenters. The lowest BCUT2D eigenvalue weighted by Gasteiger charge is -2.11. The molecule has 1 aromatic rings. The first kappa shape index (κ1) is 12.0. The van der Waals surface area contributed by atoms with Crippen LogP contribution >= 0.6 is 0 Å². The zero-order valence-corrected chi connectivity index (χ0v) is 9.51. The molecule has 0 saturated carbocycles. The first-order valence-corrected chi connectivity index (χ1v) is 5.83. The van der Waals surface area contributed by atoms with E-state index in [9.17, 15) is 13.6 Å². The summed E-state index contributed by atoms with van der Waals surface area (Å²) in [6.45, 7) is 0. The third kappa shape index (κ3) is 2.99. The minimum atomic E-state index is -0.517. The highest BCUT2D eigenvalue weighted by atomic mass is 19.1. The van der Waals surface area contributed by atoms with Gasteiger partial charge in [0.1, 0.15) is 11.6 Å². The number of ketones is 1. The maximum atomic E-state index is 13.4. The molecule has 1 nitrogen and oxygen atoms in total. The summed E-state index contributed by atoms with van der Waals surface area (Å²) in [7, 11) is 0. The van der Waals surface area contributed by atoms with Gasteiger partial charge in [0.2, 0.25) is 0 Å². The van der Waals surface area contributed by atoms with Crippen LogP contribution in [0.5, 0.6) is 0 Å². The first-order valence-electron chi connectivity index (χ1n) is 5.83. The lowest BCUT2D eigenvalue weighted by Crippen LogP contribution is -2.10. The quantitative estimate of drug-likeness (QED) is 0.784. The molecule has 3 heteroatoms. The smallest absolute Gasteiger partial charge is 0.163 e. The summed E-state index contributed by atoms with van der Waals surface area (Å²) in [4.78, 5) is 11.9. The average molecular weight is 236 g/mol. The number of hydrogen-bond acceptors (Lipinski definition) is 1. The minimum Gasteiger partial charge on any atom is -0.294 e. The Balaban J connectivity index is 2.12. The molecule has 1 aromatic carbocycles. The molecule has 0 atom stereocenters. The van der Waals surface area contributed by atoms with E-state index in [1.165, 1.54) is 0 Å². The van der Waals surface area contributed by atoms with Crippen molar-refractivity contribution in [2.24, 2.45) is 0 Å². The molecule has 0 heterocycles. The van der Waals surface area contributed by atoms with Gasteiger partial charge in [-0.3, -0.25) is 4.79 Å². The van der Waals surface area contributed by atoms with Crippen LogP contribution < -0.4 is 0 Å². The summed E-state index contributed by atoms with van der Waals surface area (Å²) >= 11 is 0. The average Bonchev–Trinajstić information content (AvgIpc) is 2.35. The van der Waals surface area contributed by atoms with E-state index in [2.05, 4.69) is 0 Å². The van der Waals surface area contributed by atoms with Crippen molar-refractivity contribution in [1.82, 2.24) is 0 Å². The van der Waals surface area contributed by atoms with Gasteiger partial charge in [0.05, 0.1) is 0 Å². The fraction of sp³-hybridized carbons (Fsp3) is 0.357. The van der Waals surface area contributed by atoms with Crippen molar-refractivity contribution in [2.45, 2.75) is 32.1 Å². The van der Waals surface area contributed by atoms with Crippen molar-refractivity contribution < 1.29 is 13.6 Å². The summed E-state index contributed by atoms with van der Waals surface area (Å²) in [5.41, 5.74) is 0.904. The van der Waals surface area contributed by atoms with Crippen LogP contribution in [0.15, 0.2) is 29.8 Å². The highest BCUT2D eigenvalue weighted by Crippen LogP contribution is 2.20.